The zero-order valence-corrected chi connectivity index (χ0v) is 13.1. The predicted octanol–water partition coefficient (Wildman–Crippen LogP) is 2.01. The molecule has 0 radical (unpaired) electrons. The van der Waals surface area contributed by atoms with E-state index in [0.717, 1.165) is 18.4 Å². The summed E-state index contributed by atoms with van der Waals surface area (Å²) in [4.78, 5) is 12.3. The highest BCUT2D eigenvalue weighted by atomic mass is 16.5. The van der Waals surface area contributed by atoms with Gasteiger partial charge in [0.15, 0.2) is 11.5 Å². The van der Waals surface area contributed by atoms with Crippen molar-refractivity contribution in [3.8, 4) is 11.5 Å². The van der Waals surface area contributed by atoms with E-state index in [2.05, 4.69) is 5.32 Å². The molecular weight excluding hydrogens is 268 g/mol. The van der Waals surface area contributed by atoms with Gasteiger partial charge >= 0.3 is 0 Å². The Balaban J connectivity index is 2.09. The SMILES string of the molecule is COc1ccc(C(C)NC(=O)C(C)(N)C2CC2)cc1OC. The Labute approximate surface area is 125 Å². The van der Waals surface area contributed by atoms with Crippen LogP contribution in [0.1, 0.15) is 38.3 Å². The van der Waals surface area contributed by atoms with Crippen LogP contribution >= 0.6 is 0 Å². The zero-order chi connectivity index (χ0) is 15.6. The van der Waals surface area contributed by atoms with Gasteiger partial charge in [0.05, 0.1) is 25.8 Å². The largest absolute Gasteiger partial charge is 0.493 e. The Bertz CT molecular complexity index is 524. The van der Waals surface area contributed by atoms with E-state index in [1.54, 1.807) is 21.1 Å². The Hall–Kier alpha value is -1.75. The van der Waals surface area contributed by atoms with E-state index in [1.807, 2.05) is 25.1 Å². The molecule has 1 aliphatic rings. The summed E-state index contributed by atoms with van der Waals surface area (Å²) in [5.74, 6) is 1.51. The van der Waals surface area contributed by atoms with Crippen LogP contribution < -0.4 is 20.5 Å². The Morgan fingerprint density at radius 3 is 2.48 bits per heavy atom. The summed E-state index contributed by atoms with van der Waals surface area (Å²) in [7, 11) is 3.19. The van der Waals surface area contributed by atoms with Crippen LogP contribution in [-0.2, 0) is 4.79 Å². The first-order valence-electron chi connectivity index (χ1n) is 7.22. The number of amides is 1. The second-order valence-electron chi connectivity index (χ2n) is 5.87. The molecule has 1 amide bonds. The summed E-state index contributed by atoms with van der Waals surface area (Å²) in [6.45, 7) is 3.74. The minimum Gasteiger partial charge on any atom is -0.493 e. The molecule has 5 nitrogen and oxygen atoms in total. The van der Waals surface area contributed by atoms with Gasteiger partial charge in [0, 0.05) is 0 Å². The van der Waals surface area contributed by atoms with Crippen molar-refractivity contribution in [2.45, 2.75) is 38.3 Å². The summed E-state index contributed by atoms with van der Waals surface area (Å²) in [6, 6.07) is 5.48. The van der Waals surface area contributed by atoms with E-state index in [1.165, 1.54) is 0 Å². The molecule has 5 heteroatoms. The maximum absolute atomic E-state index is 12.3. The van der Waals surface area contributed by atoms with E-state index in [4.69, 9.17) is 15.2 Å². The van der Waals surface area contributed by atoms with Gasteiger partial charge in [0.25, 0.3) is 0 Å². The summed E-state index contributed by atoms with van der Waals surface area (Å²) >= 11 is 0. The van der Waals surface area contributed by atoms with Crippen LogP contribution in [0.4, 0.5) is 0 Å². The molecule has 0 saturated heterocycles. The molecule has 0 spiro atoms. The number of hydrogen-bond donors (Lipinski definition) is 2. The van der Waals surface area contributed by atoms with E-state index >= 15 is 0 Å². The molecule has 21 heavy (non-hydrogen) atoms. The average molecular weight is 292 g/mol. The smallest absolute Gasteiger partial charge is 0.240 e. The molecule has 0 bridgehead atoms. The van der Waals surface area contributed by atoms with Gasteiger partial charge in [-0.05, 0) is 50.3 Å². The number of hydrogen-bond acceptors (Lipinski definition) is 4. The van der Waals surface area contributed by atoms with Crippen LogP contribution in [0.25, 0.3) is 0 Å². The molecule has 0 aliphatic heterocycles. The highest BCUT2D eigenvalue weighted by molar-refractivity contribution is 5.86. The van der Waals surface area contributed by atoms with E-state index < -0.39 is 5.54 Å². The van der Waals surface area contributed by atoms with Crippen molar-refractivity contribution in [2.75, 3.05) is 14.2 Å². The standard InChI is InChI=1S/C16H24N2O3/c1-10(18-15(19)16(2,17)12-6-7-12)11-5-8-13(20-3)14(9-11)21-4/h5,8-10,12H,6-7,17H2,1-4H3,(H,18,19). The number of rotatable bonds is 6. The van der Waals surface area contributed by atoms with Crippen molar-refractivity contribution in [2.24, 2.45) is 11.7 Å². The molecule has 1 fully saturated rings. The molecule has 2 rings (SSSR count). The quantitative estimate of drug-likeness (QED) is 0.841. The topological polar surface area (TPSA) is 73.6 Å². The van der Waals surface area contributed by atoms with Crippen molar-refractivity contribution in [1.29, 1.82) is 0 Å². The minimum absolute atomic E-state index is 0.104. The monoisotopic (exact) mass is 292 g/mol. The van der Waals surface area contributed by atoms with Gasteiger partial charge in [-0.25, -0.2) is 0 Å². The third-order valence-corrected chi connectivity index (χ3v) is 4.17. The van der Waals surface area contributed by atoms with Gasteiger partial charge in [-0.1, -0.05) is 6.07 Å². The van der Waals surface area contributed by atoms with E-state index in [9.17, 15) is 4.79 Å². The molecule has 0 heterocycles. The molecule has 1 aromatic rings. The highest BCUT2D eigenvalue weighted by Crippen LogP contribution is 2.38. The minimum atomic E-state index is -0.787. The molecule has 1 aromatic carbocycles. The van der Waals surface area contributed by atoms with Gasteiger partial charge < -0.3 is 20.5 Å². The molecule has 116 valence electrons. The fourth-order valence-electron chi connectivity index (χ4n) is 2.43. The number of benzene rings is 1. The molecule has 3 N–H and O–H groups in total. The fraction of sp³-hybridized carbons (Fsp3) is 0.562. The first-order valence-corrected chi connectivity index (χ1v) is 7.22. The van der Waals surface area contributed by atoms with Crippen LogP contribution in [-0.4, -0.2) is 25.7 Å². The Morgan fingerprint density at radius 1 is 1.33 bits per heavy atom. The molecule has 1 saturated carbocycles. The number of carbonyl (C=O) groups is 1. The molecule has 2 unspecified atom stereocenters. The second kappa shape index (κ2) is 5.93. The number of nitrogens with one attached hydrogen (secondary N) is 1. The van der Waals surface area contributed by atoms with Crippen LogP contribution in [0, 0.1) is 5.92 Å². The van der Waals surface area contributed by atoms with Crippen molar-refractivity contribution >= 4 is 5.91 Å². The summed E-state index contributed by atoms with van der Waals surface area (Å²) in [6.07, 6.45) is 2.07. The average Bonchev–Trinajstić information content (AvgIpc) is 3.31. The van der Waals surface area contributed by atoms with Gasteiger partial charge in [0.2, 0.25) is 5.91 Å². The maximum atomic E-state index is 12.3. The summed E-state index contributed by atoms with van der Waals surface area (Å²) in [5.41, 5.74) is 6.30. The van der Waals surface area contributed by atoms with Gasteiger partial charge in [-0.2, -0.15) is 0 Å². The predicted molar refractivity (Wildman–Crippen MR) is 81.4 cm³/mol. The fourth-order valence-corrected chi connectivity index (χ4v) is 2.43. The second-order valence-corrected chi connectivity index (χ2v) is 5.87. The number of carbonyl (C=O) groups excluding carboxylic acids is 1. The van der Waals surface area contributed by atoms with Crippen molar-refractivity contribution < 1.29 is 14.3 Å². The lowest BCUT2D eigenvalue weighted by Gasteiger charge is -2.26. The highest BCUT2D eigenvalue weighted by Gasteiger charge is 2.44. The maximum Gasteiger partial charge on any atom is 0.240 e. The third kappa shape index (κ3) is 3.29. The van der Waals surface area contributed by atoms with Crippen LogP contribution in [0.2, 0.25) is 0 Å². The number of methoxy groups -OCH3 is 2. The van der Waals surface area contributed by atoms with Crippen molar-refractivity contribution in [3.05, 3.63) is 23.8 Å². The molecule has 2 atom stereocenters. The van der Waals surface area contributed by atoms with Crippen molar-refractivity contribution in [3.63, 3.8) is 0 Å². The third-order valence-electron chi connectivity index (χ3n) is 4.17. The van der Waals surface area contributed by atoms with Crippen LogP contribution in [0.3, 0.4) is 0 Å². The summed E-state index contributed by atoms with van der Waals surface area (Å²) < 4.78 is 10.5. The molecule has 0 aromatic heterocycles. The summed E-state index contributed by atoms with van der Waals surface area (Å²) in [5, 5.41) is 2.99. The number of ether oxygens (including phenoxy) is 2. The normalized spacial score (nSPS) is 18.5. The van der Waals surface area contributed by atoms with Crippen molar-refractivity contribution in [1.82, 2.24) is 5.32 Å². The number of nitrogens with two attached hydrogens (primary N) is 1. The van der Waals surface area contributed by atoms with E-state index in [0.29, 0.717) is 17.4 Å². The Kier molecular flexibility index (Phi) is 4.42. The van der Waals surface area contributed by atoms with Gasteiger partial charge in [0.1, 0.15) is 0 Å². The van der Waals surface area contributed by atoms with Gasteiger partial charge in [-0.15, -0.1) is 0 Å². The van der Waals surface area contributed by atoms with Crippen LogP contribution in [0.5, 0.6) is 11.5 Å². The molecular formula is C16H24N2O3. The lowest BCUT2D eigenvalue weighted by atomic mass is 9.95. The molecule has 1 aliphatic carbocycles. The first-order chi connectivity index (χ1) is 9.90. The Morgan fingerprint density at radius 2 is 1.95 bits per heavy atom. The lowest BCUT2D eigenvalue weighted by molar-refractivity contribution is -0.127. The van der Waals surface area contributed by atoms with Crippen LogP contribution in [0.15, 0.2) is 18.2 Å². The lowest BCUT2D eigenvalue weighted by Crippen LogP contribution is -2.53. The van der Waals surface area contributed by atoms with E-state index in [-0.39, 0.29) is 11.9 Å². The van der Waals surface area contributed by atoms with Gasteiger partial charge in [-0.3, -0.25) is 4.79 Å². The first kappa shape index (κ1) is 15.6. The zero-order valence-electron chi connectivity index (χ0n) is 13.1.